The Kier molecular flexibility index (Phi) is 1.95. The van der Waals surface area contributed by atoms with E-state index in [0.717, 1.165) is 12.2 Å². The molecule has 3 rings (SSSR count). The highest BCUT2D eigenvalue weighted by Gasteiger charge is 2.13. The molecule has 1 aliphatic rings. The Morgan fingerprint density at radius 1 is 0.933 bits per heavy atom. The fourth-order valence-electron chi connectivity index (χ4n) is 1.82. The molecule has 15 heavy (non-hydrogen) atoms. The van der Waals surface area contributed by atoms with Crippen LogP contribution >= 0.6 is 0 Å². The maximum atomic E-state index is 5.24. The Morgan fingerprint density at radius 2 is 1.80 bits per heavy atom. The molecule has 0 aromatic heterocycles. The monoisotopic (exact) mass is 194 g/mol. The first-order chi connectivity index (χ1) is 7.43. The maximum absolute atomic E-state index is 5.24. The van der Waals surface area contributed by atoms with Gasteiger partial charge in [-0.2, -0.15) is 0 Å². The number of fused-ring (bicyclic) bond motifs is 1. The van der Waals surface area contributed by atoms with E-state index in [1.165, 1.54) is 16.7 Å². The Morgan fingerprint density at radius 3 is 2.67 bits per heavy atom. The molecule has 0 fully saturated rings. The first-order valence-electron chi connectivity index (χ1n) is 5.01. The molecule has 1 heterocycles. The van der Waals surface area contributed by atoms with E-state index in [4.69, 9.17) is 4.74 Å². The van der Waals surface area contributed by atoms with Crippen LogP contribution in [0, 0.1) is 6.61 Å². The smallest absolute Gasteiger partial charge is 0.201 e. The molecule has 1 aliphatic heterocycles. The van der Waals surface area contributed by atoms with Gasteiger partial charge in [0.2, 0.25) is 6.61 Å². The highest BCUT2D eigenvalue weighted by atomic mass is 16.5. The highest BCUT2D eigenvalue weighted by molar-refractivity contribution is 5.66. The van der Waals surface area contributed by atoms with Crippen molar-refractivity contribution in [3.63, 3.8) is 0 Å². The van der Waals surface area contributed by atoms with Gasteiger partial charge in [-0.05, 0) is 28.8 Å². The van der Waals surface area contributed by atoms with Crippen LogP contribution in [0.25, 0.3) is 11.1 Å². The van der Waals surface area contributed by atoms with Gasteiger partial charge in [-0.25, -0.2) is 0 Å². The number of benzene rings is 2. The third kappa shape index (κ3) is 1.50. The Hall–Kier alpha value is -1.76. The van der Waals surface area contributed by atoms with Gasteiger partial charge in [-0.1, -0.05) is 36.4 Å². The predicted molar refractivity (Wildman–Crippen MR) is 59.5 cm³/mol. The summed E-state index contributed by atoms with van der Waals surface area (Å²) in [6, 6.07) is 16.6. The molecule has 0 atom stereocenters. The molecule has 0 N–H and O–H groups in total. The number of hydrogen-bond donors (Lipinski definition) is 0. The van der Waals surface area contributed by atoms with Gasteiger partial charge in [0.25, 0.3) is 0 Å². The van der Waals surface area contributed by atoms with Crippen molar-refractivity contribution in [2.24, 2.45) is 0 Å². The summed E-state index contributed by atoms with van der Waals surface area (Å²) in [5, 5.41) is 0. The maximum Gasteiger partial charge on any atom is 0.201 e. The zero-order chi connectivity index (χ0) is 10.1. The van der Waals surface area contributed by atoms with Crippen LogP contribution in [0.2, 0.25) is 0 Å². The minimum absolute atomic E-state index is 0.788. The lowest BCUT2D eigenvalue weighted by Gasteiger charge is -2.03. The second-order valence-corrected chi connectivity index (χ2v) is 3.61. The van der Waals surface area contributed by atoms with Crippen LogP contribution in [-0.4, -0.2) is 0 Å². The SMILES string of the molecule is [C]1Cc2cc(-c3ccccc3)ccc2O1. The van der Waals surface area contributed by atoms with Gasteiger partial charge in [-0.3, -0.25) is 0 Å². The zero-order valence-corrected chi connectivity index (χ0v) is 8.23. The summed E-state index contributed by atoms with van der Waals surface area (Å²) in [6.45, 7) is 2.87. The molecule has 2 aromatic carbocycles. The fraction of sp³-hybridized carbons (Fsp3) is 0.0714. The summed E-state index contributed by atoms with van der Waals surface area (Å²) in [5.41, 5.74) is 3.70. The highest BCUT2D eigenvalue weighted by Crippen LogP contribution is 2.31. The van der Waals surface area contributed by atoms with E-state index >= 15 is 0 Å². The normalized spacial score (nSPS) is 13.3. The lowest BCUT2D eigenvalue weighted by atomic mass is 10.0. The summed E-state index contributed by atoms with van der Waals surface area (Å²) < 4.78 is 5.24. The van der Waals surface area contributed by atoms with Gasteiger partial charge in [0.05, 0.1) is 0 Å². The van der Waals surface area contributed by atoms with E-state index in [1.807, 2.05) is 12.1 Å². The van der Waals surface area contributed by atoms with E-state index in [-0.39, 0.29) is 0 Å². The van der Waals surface area contributed by atoms with Crippen molar-refractivity contribution in [3.8, 4) is 16.9 Å². The summed E-state index contributed by atoms with van der Waals surface area (Å²) in [5.74, 6) is 0.940. The number of hydrogen-bond acceptors (Lipinski definition) is 1. The van der Waals surface area contributed by atoms with Crippen molar-refractivity contribution in [1.29, 1.82) is 0 Å². The standard InChI is InChI=1S/C14H10O/c1-2-4-11(5-3-1)12-6-7-14-13(10-12)8-9-15-14/h1-7,10H,8H2. The van der Waals surface area contributed by atoms with Crippen molar-refractivity contribution in [3.05, 3.63) is 60.7 Å². The van der Waals surface area contributed by atoms with Crippen LogP contribution in [-0.2, 0) is 6.42 Å². The molecule has 2 aromatic rings. The van der Waals surface area contributed by atoms with E-state index in [2.05, 4.69) is 43.0 Å². The van der Waals surface area contributed by atoms with Crippen LogP contribution in [0.4, 0.5) is 0 Å². The molecule has 0 saturated heterocycles. The van der Waals surface area contributed by atoms with Crippen LogP contribution in [0.5, 0.6) is 5.75 Å². The summed E-state index contributed by atoms with van der Waals surface area (Å²) in [4.78, 5) is 0. The predicted octanol–water partition coefficient (Wildman–Crippen LogP) is 3.33. The average molecular weight is 194 g/mol. The van der Waals surface area contributed by atoms with Crippen molar-refractivity contribution in [1.82, 2.24) is 0 Å². The number of rotatable bonds is 1. The molecule has 0 aliphatic carbocycles. The minimum atomic E-state index is 0.788. The van der Waals surface area contributed by atoms with Gasteiger partial charge < -0.3 is 4.74 Å². The molecule has 0 amide bonds. The molecular weight excluding hydrogens is 184 g/mol. The molecule has 2 radical (unpaired) electrons. The van der Waals surface area contributed by atoms with Crippen LogP contribution in [0.1, 0.15) is 5.56 Å². The Bertz CT molecular complexity index is 474. The Labute approximate surface area is 89.3 Å². The van der Waals surface area contributed by atoms with Crippen molar-refractivity contribution in [2.75, 3.05) is 0 Å². The van der Waals surface area contributed by atoms with E-state index < -0.39 is 0 Å². The van der Waals surface area contributed by atoms with Crippen LogP contribution in [0.3, 0.4) is 0 Å². The van der Waals surface area contributed by atoms with Gasteiger partial charge in [0, 0.05) is 6.42 Å². The largest absolute Gasteiger partial charge is 0.478 e. The molecule has 72 valence electrons. The topological polar surface area (TPSA) is 9.23 Å². The third-order valence-electron chi connectivity index (χ3n) is 2.61. The lowest BCUT2D eigenvalue weighted by molar-refractivity contribution is 0.435. The summed E-state index contributed by atoms with van der Waals surface area (Å²) in [7, 11) is 0. The molecular formula is C14H10O. The first kappa shape index (κ1) is 8.54. The van der Waals surface area contributed by atoms with Gasteiger partial charge in [-0.15, -0.1) is 0 Å². The van der Waals surface area contributed by atoms with E-state index in [9.17, 15) is 0 Å². The van der Waals surface area contributed by atoms with Gasteiger partial charge in [0.1, 0.15) is 5.75 Å². The molecule has 0 saturated carbocycles. The molecule has 0 bridgehead atoms. The second-order valence-electron chi connectivity index (χ2n) is 3.61. The van der Waals surface area contributed by atoms with E-state index in [0.29, 0.717) is 0 Å². The van der Waals surface area contributed by atoms with Crippen molar-refractivity contribution >= 4 is 0 Å². The summed E-state index contributed by atoms with van der Waals surface area (Å²) >= 11 is 0. The average Bonchev–Trinajstić information content (AvgIpc) is 2.77. The molecule has 1 heteroatoms. The van der Waals surface area contributed by atoms with E-state index in [1.54, 1.807) is 0 Å². The van der Waals surface area contributed by atoms with Gasteiger partial charge >= 0.3 is 0 Å². The minimum Gasteiger partial charge on any atom is -0.478 e. The number of ether oxygens (including phenoxy) is 1. The van der Waals surface area contributed by atoms with Crippen LogP contribution in [0.15, 0.2) is 48.5 Å². The van der Waals surface area contributed by atoms with Crippen molar-refractivity contribution in [2.45, 2.75) is 6.42 Å². The van der Waals surface area contributed by atoms with Crippen molar-refractivity contribution < 1.29 is 4.74 Å². The summed E-state index contributed by atoms with van der Waals surface area (Å²) in [6.07, 6.45) is 0.788. The lowest BCUT2D eigenvalue weighted by Crippen LogP contribution is -1.80. The molecule has 1 nitrogen and oxygen atoms in total. The quantitative estimate of drug-likeness (QED) is 0.676. The second kappa shape index (κ2) is 3.43. The molecule has 0 spiro atoms. The van der Waals surface area contributed by atoms with Crippen LogP contribution < -0.4 is 4.74 Å². The zero-order valence-electron chi connectivity index (χ0n) is 8.23. The third-order valence-corrected chi connectivity index (χ3v) is 2.61. The Balaban J connectivity index is 2.07. The molecule has 0 unspecified atom stereocenters. The fourth-order valence-corrected chi connectivity index (χ4v) is 1.82. The first-order valence-corrected chi connectivity index (χ1v) is 5.01. The van der Waals surface area contributed by atoms with Gasteiger partial charge in [0.15, 0.2) is 0 Å².